The highest BCUT2D eigenvalue weighted by Gasteiger charge is 2.36. The van der Waals surface area contributed by atoms with Gasteiger partial charge in [0.15, 0.2) is 5.43 Å². The van der Waals surface area contributed by atoms with Crippen LogP contribution in [-0.2, 0) is 4.74 Å². The molecule has 0 aromatic carbocycles. The van der Waals surface area contributed by atoms with Gasteiger partial charge in [-0.05, 0) is 17.1 Å². The average Bonchev–Trinajstić information content (AvgIpc) is 2.64. The highest BCUT2D eigenvalue weighted by molar-refractivity contribution is 5.87. The molecule has 0 spiro atoms. The number of likely N-dealkylation sites (N-methyl/N-ethyl adjacent to an activating group) is 1. The quantitative estimate of drug-likeness (QED) is 0.833. The summed E-state index contributed by atoms with van der Waals surface area (Å²) in [5, 5.41) is 9.44. The first-order valence-corrected chi connectivity index (χ1v) is 9.63. The maximum Gasteiger partial charge on any atom is 0.341 e. The second kappa shape index (κ2) is 7.89. The zero-order chi connectivity index (χ0) is 21.3. The summed E-state index contributed by atoms with van der Waals surface area (Å²) in [7, 11) is 1.97. The zero-order valence-corrected chi connectivity index (χ0v) is 17.2. The van der Waals surface area contributed by atoms with E-state index < -0.39 is 18.1 Å². The minimum atomic E-state index is -1.23. The summed E-state index contributed by atoms with van der Waals surface area (Å²) in [6.07, 6.45) is 7.54. The number of fused-ring (bicyclic) bond motifs is 1. The number of aromatic nitrogens is 1. The predicted octanol–water partition coefficient (Wildman–Crippen LogP) is 3.62. The van der Waals surface area contributed by atoms with Gasteiger partial charge in [-0.3, -0.25) is 4.79 Å². The fourth-order valence-corrected chi connectivity index (χ4v) is 3.90. The molecule has 0 bridgehead atoms. The first kappa shape index (κ1) is 20.9. The molecule has 1 atom stereocenters. The van der Waals surface area contributed by atoms with Gasteiger partial charge >= 0.3 is 5.97 Å². The number of alkyl halides is 1. The standard InChI is InChI=1S/C22H27FN2O4/c1-22(2,3)19-13-24(4)20(14-6-5-7-15(10-14)29-9-8-23)17-11-18(26)16(21(27)28)12-25(17)19/h5-7,11-12,19H,8-10,13H2,1-4H3,(H,27,28)/b20-14-. The van der Waals surface area contributed by atoms with Crippen LogP contribution >= 0.6 is 0 Å². The summed E-state index contributed by atoms with van der Waals surface area (Å²) in [5.41, 5.74) is 1.57. The van der Waals surface area contributed by atoms with E-state index in [2.05, 4.69) is 25.7 Å². The number of carboxylic acids is 1. The Morgan fingerprint density at radius 3 is 2.72 bits per heavy atom. The smallest absolute Gasteiger partial charge is 0.341 e. The third-order valence-electron chi connectivity index (χ3n) is 5.33. The van der Waals surface area contributed by atoms with Gasteiger partial charge in [-0.1, -0.05) is 32.9 Å². The third-order valence-corrected chi connectivity index (χ3v) is 5.33. The van der Waals surface area contributed by atoms with Crippen molar-refractivity contribution in [2.24, 2.45) is 5.41 Å². The van der Waals surface area contributed by atoms with Crippen molar-refractivity contribution in [1.82, 2.24) is 9.47 Å². The van der Waals surface area contributed by atoms with Crippen LogP contribution in [0.2, 0.25) is 0 Å². The Hall–Kier alpha value is -2.83. The minimum Gasteiger partial charge on any atom is -0.495 e. The lowest BCUT2D eigenvalue weighted by molar-refractivity contribution is 0.0693. The van der Waals surface area contributed by atoms with Crippen molar-refractivity contribution in [2.75, 3.05) is 26.9 Å². The molecule has 0 saturated carbocycles. The lowest BCUT2D eigenvalue weighted by Crippen LogP contribution is -2.42. The molecule has 1 aromatic heterocycles. The molecule has 1 N–H and O–H groups in total. The number of carbonyl (C=O) groups is 1. The van der Waals surface area contributed by atoms with Gasteiger partial charge in [0.1, 0.15) is 24.6 Å². The molecular formula is C22H27FN2O4. The molecule has 3 rings (SSSR count). The summed E-state index contributed by atoms with van der Waals surface area (Å²) in [4.78, 5) is 26.2. The van der Waals surface area contributed by atoms with E-state index in [1.165, 1.54) is 12.3 Å². The summed E-state index contributed by atoms with van der Waals surface area (Å²) in [6, 6.07) is 1.39. The SMILES string of the molecule is CN1CC(C(C)(C)C)n2cc(C(=O)O)c(=O)cc2/C1=C1\C=CC=C(OCCF)C1. The van der Waals surface area contributed by atoms with Gasteiger partial charge in [0.2, 0.25) is 0 Å². The van der Waals surface area contributed by atoms with Crippen LogP contribution in [-0.4, -0.2) is 47.4 Å². The Balaban J connectivity index is 2.17. The van der Waals surface area contributed by atoms with Crippen molar-refractivity contribution in [3.05, 3.63) is 63.3 Å². The molecule has 1 aliphatic carbocycles. The van der Waals surface area contributed by atoms with E-state index in [1.54, 1.807) is 6.08 Å². The van der Waals surface area contributed by atoms with Crippen molar-refractivity contribution in [1.29, 1.82) is 0 Å². The Kier molecular flexibility index (Phi) is 5.68. The van der Waals surface area contributed by atoms with Crippen molar-refractivity contribution in [3.8, 4) is 0 Å². The Morgan fingerprint density at radius 2 is 2.10 bits per heavy atom. The zero-order valence-electron chi connectivity index (χ0n) is 17.2. The third kappa shape index (κ3) is 4.13. The maximum absolute atomic E-state index is 12.5. The van der Waals surface area contributed by atoms with E-state index in [4.69, 9.17) is 4.74 Å². The van der Waals surface area contributed by atoms with Crippen LogP contribution in [0.25, 0.3) is 5.70 Å². The van der Waals surface area contributed by atoms with Gasteiger partial charge in [0.05, 0.1) is 17.4 Å². The number of hydrogen-bond donors (Lipinski definition) is 1. The second-order valence-corrected chi connectivity index (χ2v) is 8.49. The van der Waals surface area contributed by atoms with Gasteiger partial charge in [-0.25, -0.2) is 9.18 Å². The van der Waals surface area contributed by atoms with Gasteiger partial charge in [0.25, 0.3) is 0 Å². The number of nitrogens with zero attached hydrogens (tertiary/aromatic N) is 2. The predicted molar refractivity (Wildman–Crippen MR) is 109 cm³/mol. The Labute approximate surface area is 169 Å². The van der Waals surface area contributed by atoms with Crippen LogP contribution in [0, 0.1) is 5.41 Å². The Bertz CT molecular complexity index is 966. The van der Waals surface area contributed by atoms with Crippen molar-refractivity contribution < 1.29 is 19.0 Å². The molecule has 0 amide bonds. The number of aromatic carboxylic acids is 1. The molecule has 0 fully saturated rings. The van der Waals surface area contributed by atoms with Crippen molar-refractivity contribution in [3.63, 3.8) is 0 Å². The van der Waals surface area contributed by atoms with E-state index in [1.807, 2.05) is 23.8 Å². The second-order valence-electron chi connectivity index (χ2n) is 8.49. The molecule has 29 heavy (non-hydrogen) atoms. The normalized spacial score (nSPS) is 21.6. The highest BCUT2D eigenvalue weighted by atomic mass is 19.1. The minimum absolute atomic E-state index is 0.00222. The number of carboxylic acid groups (broad SMARTS) is 1. The van der Waals surface area contributed by atoms with Crippen LogP contribution in [0.15, 0.2) is 46.6 Å². The fourth-order valence-electron chi connectivity index (χ4n) is 3.90. The number of pyridine rings is 1. The topological polar surface area (TPSA) is 71.8 Å². The van der Waals surface area contributed by atoms with Crippen LogP contribution in [0.1, 0.15) is 49.3 Å². The number of halogens is 1. The van der Waals surface area contributed by atoms with Crippen molar-refractivity contribution in [2.45, 2.75) is 33.2 Å². The van der Waals surface area contributed by atoms with E-state index in [-0.39, 0.29) is 23.6 Å². The molecule has 7 heteroatoms. The maximum atomic E-state index is 12.5. The van der Waals surface area contributed by atoms with Crippen molar-refractivity contribution >= 4 is 11.7 Å². The van der Waals surface area contributed by atoms with Gasteiger partial charge in [0, 0.05) is 32.3 Å². The summed E-state index contributed by atoms with van der Waals surface area (Å²) < 4.78 is 19.9. The van der Waals surface area contributed by atoms with Gasteiger partial charge in [-0.15, -0.1) is 0 Å². The summed E-state index contributed by atoms with van der Waals surface area (Å²) >= 11 is 0. The summed E-state index contributed by atoms with van der Waals surface area (Å²) in [5.74, 6) is -0.566. The van der Waals surface area contributed by atoms with Crippen LogP contribution in [0.4, 0.5) is 4.39 Å². The molecule has 6 nitrogen and oxygen atoms in total. The van der Waals surface area contributed by atoms with E-state index in [9.17, 15) is 19.1 Å². The highest BCUT2D eigenvalue weighted by Crippen LogP contribution is 2.40. The molecule has 0 saturated heterocycles. The first-order chi connectivity index (χ1) is 13.6. The monoisotopic (exact) mass is 402 g/mol. The van der Waals surface area contributed by atoms with Crippen LogP contribution in [0.3, 0.4) is 0 Å². The largest absolute Gasteiger partial charge is 0.495 e. The number of rotatable bonds is 4. The van der Waals surface area contributed by atoms with E-state index in [0.29, 0.717) is 24.4 Å². The first-order valence-electron chi connectivity index (χ1n) is 9.63. The summed E-state index contributed by atoms with van der Waals surface area (Å²) in [6.45, 7) is 6.39. The fraction of sp³-hybridized carbons (Fsp3) is 0.455. The van der Waals surface area contributed by atoms with E-state index in [0.717, 1.165) is 11.3 Å². The van der Waals surface area contributed by atoms with Crippen LogP contribution in [0.5, 0.6) is 0 Å². The lowest BCUT2D eigenvalue weighted by atomic mass is 9.83. The molecule has 1 unspecified atom stereocenters. The molecule has 1 aliphatic heterocycles. The van der Waals surface area contributed by atoms with Gasteiger partial charge in [-0.2, -0.15) is 0 Å². The van der Waals surface area contributed by atoms with Crippen LogP contribution < -0.4 is 5.43 Å². The average molecular weight is 402 g/mol. The molecule has 156 valence electrons. The molecule has 0 radical (unpaired) electrons. The number of allylic oxidation sites excluding steroid dienone is 4. The number of ether oxygens (including phenoxy) is 1. The molecule has 2 aliphatic rings. The molecule has 1 aromatic rings. The molecule has 2 heterocycles. The van der Waals surface area contributed by atoms with Gasteiger partial charge < -0.3 is 19.3 Å². The molecular weight excluding hydrogens is 375 g/mol. The van der Waals surface area contributed by atoms with E-state index >= 15 is 0 Å². The Morgan fingerprint density at radius 1 is 1.38 bits per heavy atom. The number of hydrogen-bond acceptors (Lipinski definition) is 4. The lowest BCUT2D eigenvalue weighted by Gasteiger charge is -2.44.